The predicted octanol–water partition coefficient (Wildman–Crippen LogP) is 2.25. The van der Waals surface area contributed by atoms with Crippen molar-refractivity contribution in [3.05, 3.63) is 23.4 Å². The lowest BCUT2D eigenvalue weighted by atomic mass is 10.2. The Labute approximate surface area is 107 Å². The van der Waals surface area contributed by atoms with Crippen LogP contribution in [-0.2, 0) is 10.9 Å². The summed E-state index contributed by atoms with van der Waals surface area (Å²) in [6, 6.07) is 1.51. The molecule has 0 aliphatic rings. The van der Waals surface area contributed by atoms with Gasteiger partial charge >= 0.3 is 12.1 Å². The highest BCUT2D eigenvalue weighted by molar-refractivity contribution is 5.93. The summed E-state index contributed by atoms with van der Waals surface area (Å²) in [5.41, 5.74) is -1.47. The molecule has 1 unspecified atom stereocenters. The number of carboxylic acids is 1. The van der Waals surface area contributed by atoms with Gasteiger partial charge in [0.15, 0.2) is 0 Å². The van der Waals surface area contributed by atoms with Crippen LogP contribution in [0.15, 0.2) is 12.1 Å². The molecule has 0 spiro atoms. The van der Waals surface area contributed by atoms with Gasteiger partial charge in [-0.15, -0.1) is 0 Å². The number of carboxylic acid groups (broad SMARTS) is 1. The number of nitrogens with zero attached hydrogens (tertiary/aromatic N) is 1. The van der Waals surface area contributed by atoms with E-state index in [1.807, 2.05) is 0 Å². The standard InChI is InChI=1S/C11H13F3N2O3/c1-6(19-2)5-15-9-7(10(17)18)3-4-8(16-9)11(12,13)14/h3-4,6H,5H2,1-2H3,(H,15,16)(H,17,18). The second-order valence-corrected chi connectivity index (χ2v) is 3.82. The summed E-state index contributed by atoms with van der Waals surface area (Å²) in [5, 5.41) is 11.4. The molecule has 0 bridgehead atoms. The average molecular weight is 278 g/mol. The van der Waals surface area contributed by atoms with E-state index in [-0.39, 0.29) is 24.0 Å². The molecular formula is C11H13F3N2O3. The molecule has 0 aromatic carbocycles. The number of hydrogen-bond acceptors (Lipinski definition) is 4. The van der Waals surface area contributed by atoms with Crippen LogP contribution in [0.2, 0.25) is 0 Å². The SMILES string of the molecule is COC(C)CNc1nc(C(F)(F)F)ccc1C(=O)O. The van der Waals surface area contributed by atoms with Gasteiger partial charge in [-0.25, -0.2) is 9.78 Å². The zero-order chi connectivity index (χ0) is 14.6. The van der Waals surface area contributed by atoms with Crippen LogP contribution in [-0.4, -0.2) is 35.8 Å². The lowest BCUT2D eigenvalue weighted by molar-refractivity contribution is -0.141. The molecule has 1 heterocycles. The maximum Gasteiger partial charge on any atom is 0.433 e. The highest BCUT2D eigenvalue weighted by Crippen LogP contribution is 2.29. The molecule has 0 aliphatic heterocycles. The molecule has 0 amide bonds. The monoisotopic (exact) mass is 278 g/mol. The van der Waals surface area contributed by atoms with Gasteiger partial charge in [0.1, 0.15) is 17.1 Å². The van der Waals surface area contributed by atoms with Crippen LogP contribution >= 0.6 is 0 Å². The first-order valence-electron chi connectivity index (χ1n) is 5.34. The van der Waals surface area contributed by atoms with Crippen LogP contribution in [0.1, 0.15) is 23.0 Å². The van der Waals surface area contributed by atoms with Gasteiger partial charge in [0, 0.05) is 13.7 Å². The van der Waals surface area contributed by atoms with E-state index < -0.39 is 17.8 Å². The van der Waals surface area contributed by atoms with E-state index in [0.29, 0.717) is 6.07 Å². The van der Waals surface area contributed by atoms with E-state index in [1.54, 1.807) is 6.92 Å². The maximum absolute atomic E-state index is 12.5. The number of nitrogens with one attached hydrogen (secondary N) is 1. The quantitative estimate of drug-likeness (QED) is 0.864. The fourth-order valence-corrected chi connectivity index (χ4v) is 1.25. The van der Waals surface area contributed by atoms with Crippen molar-refractivity contribution in [2.45, 2.75) is 19.2 Å². The van der Waals surface area contributed by atoms with E-state index in [4.69, 9.17) is 9.84 Å². The highest BCUT2D eigenvalue weighted by atomic mass is 19.4. The second kappa shape index (κ2) is 5.87. The zero-order valence-electron chi connectivity index (χ0n) is 10.3. The maximum atomic E-state index is 12.5. The van der Waals surface area contributed by atoms with Crippen molar-refractivity contribution in [1.29, 1.82) is 0 Å². The molecule has 5 nitrogen and oxygen atoms in total. The number of hydrogen-bond donors (Lipinski definition) is 2. The Morgan fingerprint density at radius 2 is 2.16 bits per heavy atom. The predicted molar refractivity (Wildman–Crippen MR) is 61.2 cm³/mol. The van der Waals surface area contributed by atoms with Crippen molar-refractivity contribution < 1.29 is 27.8 Å². The number of rotatable bonds is 5. The van der Waals surface area contributed by atoms with Crippen molar-refractivity contribution in [2.24, 2.45) is 0 Å². The largest absolute Gasteiger partial charge is 0.478 e. The molecular weight excluding hydrogens is 265 g/mol. The van der Waals surface area contributed by atoms with Gasteiger partial charge in [0.05, 0.1) is 6.10 Å². The van der Waals surface area contributed by atoms with Crippen molar-refractivity contribution in [1.82, 2.24) is 4.98 Å². The van der Waals surface area contributed by atoms with Gasteiger partial charge in [-0.3, -0.25) is 0 Å². The number of methoxy groups -OCH3 is 1. The molecule has 106 valence electrons. The van der Waals surface area contributed by atoms with Gasteiger partial charge in [0.25, 0.3) is 0 Å². The third-order valence-corrected chi connectivity index (χ3v) is 2.38. The number of anilines is 1. The smallest absolute Gasteiger partial charge is 0.433 e. The van der Waals surface area contributed by atoms with Gasteiger partial charge in [0.2, 0.25) is 0 Å². The number of alkyl halides is 3. The Morgan fingerprint density at radius 1 is 1.53 bits per heavy atom. The minimum atomic E-state index is -4.62. The molecule has 8 heteroatoms. The van der Waals surface area contributed by atoms with E-state index >= 15 is 0 Å². The Hall–Kier alpha value is -1.83. The van der Waals surface area contributed by atoms with Gasteiger partial charge in [-0.2, -0.15) is 13.2 Å². The number of aromatic nitrogens is 1. The summed E-state index contributed by atoms with van der Waals surface area (Å²) in [5.74, 6) is -1.68. The van der Waals surface area contributed by atoms with Crippen LogP contribution in [0.4, 0.5) is 19.0 Å². The van der Waals surface area contributed by atoms with E-state index in [9.17, 15) is 18.0 Å². The molecule has 19 heavy (non-hydrogen) atoms. The lowest BCUT2D eigenvalue weighted by Crippen LogP contribution is -2.21. The average Bonchev–Trinajstić information content (AvgIpc) is 2.34. The van der Waals surface area contributed by atoms with Crippen LogP contribution in [0.25, 0.3) is 0 Å². The first kappa shape index (κ1) is 15.2. The number of pyridine rings is 1. The van der Waals surface area contributed by atoms with Crippen molar-refractivity contribution in [2.75, 3.05) is 19.0 Å². The molecule has 0 radical (unpaired) electrons. The van der Waals surface area contributed by atoms with Crippen molar-refractivity contribution in [3.63, 3.8) is 0 Å². The molecule has 0 saturated carbocycles. The van der Waals surface area contributed by atoms with Gasteiger partial charge < -0.3 is 15.2 Å². The topological polar surface area (TPSA) is 71.5 Å². The zero-order valence-corrected chi connectivity index (χ0v) is 10.3. The molecule has 0 aliphatic carbocycles. The second-order valence-electron chi connectivity index (χ2n) is 3.82. The van der Waals surface area contributed by atoms with Crippen molar-refractivity contribution in [3.8, 4) is 0 Å². The van der Waals surface area contributed by atoms with Crippen LogP contribution in [0, 0.1) is 0 Å². The molecule has 1 aromatic rings. The Bertz CT molecular complexity index is 463. The third-order valence-electron chi connectivity index (χ3n) is 2.38. The summed E-state index contributed by atoms with van der Waals surface area (Å²) in [7, 11) is 1.43. The van der Waals surface area contributed by atoms with Gasteiger partial charge in [-0.1, -0.05) is 0 Å². The number of carbonyl (C=O) groups is 1. The highest BCUT2D eigenvalue weighted by Gasteiger charge is 2.33. The number of aromatic carboxylic acids is 1. The normalized spacial score (nSPS) is 13.1. The summed E-state index contributed by atoms with van der Waals surface area (Å²) in [4.78, 5) is 14.2. The summed E-state index contributed by atoms with van der Waals surface area (Å²) < 4.78 is 42.4. The Balaban J connectivity index is 3.06. The number of ether oxygens (including phenoxy) is 1. The third kappa shape index (κ3) is 4.09. The summed E-state index contributed by atoms with van der Waals surface area (Å²) >= 11 is 0. The molecule has 1 atom stereocenters. The minimum Gasteiger partial charge on any atom is -0.478 e. The first-order chi connectivity index (χ1) is 8.75. The van der Waals surface area contributed by atoms with Crippen LogP contribution in [0.3, 0.4) is 0 Å². The van der Waals surface area contributed by atoms with Gasteiger partial charge in [-0.05, 0) is 19.1 Å². The minimum absolute atomic E-state index is 0.144. The van der Waals surface area contributed by atoms with Crippen LogP contribution in [0.5, 0.6) is 0 Å². The lowest BCUT2D eigenvalue weighted by Gasteiger charge is -2.14. The first-order valence-corrected chi connectivity index (χ1v) is 5.34. The fourth-order valence-electron chi connectivity index (χ4n) is 1.25. The Kier molecular flexibility index (Phi) is 4.71. The van der Waals surface area contributed by atoms with E-state index in [2.05, 4.69) is 10.3 Å². The summed E-state index contributed by atoms with van der Waals surface area (Å²) in [6.45, 7) is 1.83. The summed E-state index contributed by atoms with van der Waals surface area (Å²) in [6.07, 6.45) is -4.92. The van der Waals surface area contributed by atoms with Crippen molar-refractivity contribution >= 4 is 11.8 Å². The number of halogens is 3. The molecule has 1 rings (SSSR count). The van der Waals surface area contributed by atoms with E-state index in [0.717, 1.165) is 6.07 Å². The van der Waals surface area contributed by atoms with E-state index in [1.165, 1.54) is 7.11 Å². The molecule has 0 saturated heterocycles. The fraction of sp³-hybridized carbons (Fsp3) is 0.455. The Morgan fingerprint density at radius 3 is 2.63 bits per heavy atom. The van der Waals surface area contributed by atoms with Crippen LogP contribution < -0.4 is 5.32 Å². The molecule has 1 aromatic heterocycles. The molecule has 0 fully saturated rings. The molecule has 2 N–H and O–H groups in total.